The average Bonchev–Trinajstić information content (AvgIpc) is 3.44. The van der Waals surface area contributed by atoms with Gasteiger partial charge in [-0.2, -0.15) is 0 Å². The summed E-state index contributed by atoms with van der Waals surface area (Å²) < 4.78 is 0. The van der Waals surface area contributed by atoms with Crippen molar-refractivity contribution in [1.82, 2.24) is 0 Å². The molecule has 0 heterocycles. The minimum atomic E-state index is -0.384. The minimum absolute atomic E-state index is 0.0779. The zero-order chi connectivity index (χ0) is 18.0. The van der Waals surface area contributed by atoms with Gasteiger partial charge in [0.1, 0.15) is 5.78 Å². The van der Waals surface area contributed by atoms with Crippen LogP contribution >= 0.6 is 0 Å². The van der Waals surface area contributed by atoms with Gasteiger partial charge >= 0.3 is 0 Å². The normalized spacial score (nSPS) is 15.6. The number of hydrogen-bond donors (Lipinski definition) is 0. The van der Waals surface area contributed by atoms with E-state index in [-0.39, 0.29) is 22.9 Å². The second-order valence-electron chi connectivity index (χ2n) is 8.13. The number of Topliss-reactive ketones (excluding diaryl/α,β-unsaturated/α-hetero) is 2. The first kappa shape index (κ1) is 17.6. The highest BCUT2D eigenvalue weighted by Gasteiger charge is 2.41. The fourth-order valence-corrected chi connectivity index (χ4v) is 3.32. The molecule has 2 nitrogen and oxygen atoms in total. The Hall–Kier alpha value is -2.22. The molecule has 1 atom stereocenters. The van der Waals surface area contributed by atoms with Gasteiger partial charge in [-0.15, -0.1) is 0 Å². The molecule has 1 saturated carbocycles. The molecule has 0 N–H and O–H groups in total. The molecule has 130 valence electrons. The van der Waals surface area contributed by atoms with Crippen LogP contribution in [0.5, 0.6) is 0 Å². The number of rotatable bonds is 6. The van der Waals surface area contributed by atoms with E-state index >= 15 is 0 Å². The molecule has 0 amide bonds. The van der Waals surface area contributed by atoms with Gasteiger partial charge in [0.15, 0.2) is 5.78 Å². The highest BCUT2D eigenvalue weighted by atomic mass is 16.1. The summed E-state index contributed by atoms with van der Waals surface area (Å²) in [6.07, 6.45) is 2.49. The monoisotopic (exact) mass is 334 g/mol. The van der Waals surface area contributed by atoms with Crippen LogP contribution in [0.1, 0.15) is 50.4 Å². The molecule has 1 fully saturated rings. The van der Waals surface area contributed by atoms with Crippen LogP contribution in [0.2, 0.25) is 0 Å². The summed E-state index contributed by atoms with van der Waals surface area (Å²) in [5, 5.41) is 0. The zero-order valence-corrected chi connectivity index (χ0v) is 15.3. The van der Waals surface area contributed by atoms with Crippen molar-refractivity contribution in [3.8, 4) is 11.1 Å². The summed E-state index contributed by atoms with van der Waals surface area (Å²) in [4.78, 5) is 25.4. The van der Waals surface area contributed by atoms with Gasteiger partial charge in [-0.3, -0.25) is 9.59 Å². The molecule has 0 bridgehead atoms. The molecule has 0 saturated heterocycles. The van der Waals surface area contributed by atoms with E-state index in [0.717, 1.165) is 24.0 Å². The Morgan fingerprint density at radius 1 is 0.920 bits per heavy atom. The van der Waals surface area contributed by atoms with Crippen LogP contribution in [0.25, 0.3) is 11.1 Å². The Labute approximate surface area is 150 Å². The van der Waals surface area contributed by atoms with Crippen LogP contribution in [-0.4, -0.2) is 11.6 Å². The number of carbonyl (C=O) groups excluding carboxylic acids is 2. The van der Waals surface area contributed by atoms with Gasteiger partial charge in [0, 0.05) is 23.3 Å². The van der Waals surface area contributed by atoms with Crippen LogP contribution in [0, 0.1) is 17.3 Å². The van der Waals surface area contributed by atoms with Crippen LogP contribution in [0.3, 0.4) is 0 Å². The van der Waals surface area contributed by atoms with Crippen molar-refractivity contribution in [3.63, 3.8) is 0 Å². The van der Waals surface area contributed by atoms with Gasteiger partial charge < -0.3 is 0 Å². The lowest BCUT2D eigenvalue weighted by molar-refractivity contribution is -0.131. The summed E-state index contributed by atoms with van der Waals surface area (Å²) >= 11 is 0. The first-order valence-corrected chi connectivity index (χ1v) is 9.09. The third-order valence-corrected chi connectivity index (χ3v) is 4.99. The smallest absolute Gasteiger partial charge is 0.163 e. The second kappa shape index (κ2) is 6.95. The van der Waals surface area contributed by atoms with Gasteiger partial charge in [0.05, 0.1) is 0 Å². The van der Waals surface area contributed by atoms with E-state index in [2.05, 4.69) is 12.1 Å². The summed E-state index contributed by atoms with van der Waals surface area (Å²) in [6, 6.07) is 17.9. The van der Waals surface area contributed by atoms with Crippen molar-refractivity contribution in [2.75, 3.05) is 0 Å². The van der Waals surface area contributed by atoms with Crippen molar-refractivity contribution in [2.24, 2.45) is 17.3 Å². The molecule has 0 spiro atoms. The molecule has 0 unspecified atom stereocenters. The predicted molar refractivity (Wildman–Crippen MR) is 102 cm³/mol. The maximum atomic E-state index is 12.7. The molecule has 1 aliphatic rings. The number of carbonyl (C=O) groups is 2. The molecule has 2 heteroatoms. The maximum absolute atomic E-state index is 12.7. The Bertz CT molecular complexity index is 747. The molecular weight excluding hydrogens is 308 g/mol. The summed E-state index contributed by atoms with van der Waals surface area (Å²) in [5.74, 6) is 0.582. The number of benzene rings is 2. The Morgan fingerprint density at radius 2 is 1.48 bits per heavy atom. The minimum Gasteiger partial charge on any atom is -0.299 e. The Kier molecular flexibility index (Phi) is 4.89. The molecular formula is C23H26O2. The number of ketones is 2. The first-order chi connectivity index (χ1) is 11.9. The largest absolute Gasteiger partial charge is 0.299 e. The SMILES string of the molecule is CC(C)(C)C(=O)[C@@H](CC(=O)c1ccc(-c2ccccc2)cc1)C1CC1. The lowest BCUT2D eigenvalue weighted by Crippen LogP contribution is -2.31. The summed E-state index contributed by atoms with van der Waals surface area (Å²) in [7, 11) is 0. The van der Waals surface area contributed by atoms with Crippen molar-refractivity contribution < 1.29 is 9.59 Å². The van der Waals surface area contributed by atoms with E-state index in [4.69, 9.17) is 0 Å². The third-order valence-electron chi connectivity index (χ3n) is 4.99. The van der Waals surface area contributed by atoms with E-state index in [9.17, 15) is 9.59 Å². The first-order valence-electron chi connectivity index (χ1n) is 9.09. The van der Waals surface area contributed by atoms with E-state index < -0.39 is 0 Å². The lowest BCUT2D eigenvalue weighted by atomic mass is 9.78. The standard InChI is InChI=1S/C23H26O2/c1-23(2,3)22(25)20(18-11-12-18)15-21(24)19-13-9-17(10-14-19)16-7-5-4-6-8-16/h4-10,13-14,18,20H,11-12,15H2,1-3H3/t20-/m0/s1. The van der Waals surface area contributed by atoms with Crippen LogP contribution in [0.4, 0.5) is 0 Å². The molecule has 2 aromatic carbocycles. The molecule has 25 heavy (non-hydrogen) atoms. The predicted octanol–water partition coefficient (Wildman–Crippen LogP) is 5.57. The van der Waals surface area contributed by atoms with E-state index in [1.165, 1.54) is 0 Å². The van der Waals surface area contributed by atoms with E-state index in [1.807, 2.05) is 63.2 Å². The van der Waals surface area contributed by atoms with E-state index in [1.54, 1.807) is 0 Å². The van der Waals surface area contributed by atoms with Gasteiger partial charge in [-0.1, -0.05) is 75.4 Å². The molecule has 0 radical (unpaired) electrons. The highest BCUT2D eigenvalue weighted by Crippen LogP contribution is 2.42. The van der Waals surface area contributed by atoms with Crippen molar-refractivity contribution in [2.45, 2.75) is 40.0 Å². The van der Waals surface area contributed by atoms with Crippen LogP contribution in [-0.2, 0) is 4.79 Å². The Balaban J connectivity index is 1.73. The average molecular weight is 334 g/mol. The highest BCUT2D eigenvalue weighted by molar-refractivity contribution is 6.00. The second-order valence-corrected chi connectivity index (χ2v) is 8.13. The zero-order valence-electron chi connectivity index (χ0n) is 15.3. The fraction of sp³-hybridized carbons (Fsp3) is 0.391. The number of hydrogen-bond acceptors (Lipinski definition) is 2. The molecule has 0 aliphatic heterocycles. The summed E-state index contributed by atoms with van der Waals surface area (Å²) in [6.45, 7) is 5.84. The molecule has 1 aliphatic carbocycles. The van der Waals surface area contributed by atoms with Crippen LogP contribution < -0.4 is 0 Å². The third kappa shape index (κ3) is 4.25. The molecule has 3 rings (SSSR count). The van der Waals surface area contributed by atoms with Gasteiger partial charge in [-0.05, 0) is 29.9 Å². The van der Waals surface area contributed by atoms with Crippen molar-refractivity contribution >= 4 is 11.6 Å². The molecule has 2 aromatic rings. The van der Waals surface area contributed by atoms with Gasteiger partial charge in [-0.25, -0.2) is 0 Å². The van der Waals surface area contributed by atoms with Crippen molar-refractivity contribution in [3.05, 3.63) is 60.2 Å². The summed E-state index contributed by atoms with van der Waals surface area (Å²) in [5.41, 5.74) is 2.55. The van der Waals surface area contributed by atoms with Gasteiger partial charge in [0.2, 0.25) is 0 Å². The molecule has 0 aromatic heterocycles. The van der Waals surface area contributed by atoms with Crippen LogP contribution in [0.15, 0.2) is 54.6 Å². The van der Waals surface area contributed by atoms with Gasteiger partial charge in [0.25, 0.3) is 0 Å². The Morgan fingerprint density at radius 3 is 2.00 bits per heavy atom. The topological polar surface area (TPSA) is 34.1 Å². The fourth-order valence-electron chi connectivity index (χ4n) is 3.32. The van der Waals surface area contributed by atoms with Crippen molar-refractivity contribution in [1.29, 1.82) is 0 Å². The quantitative estimate of drug-likeness (QED) is 0.647. The lowest BCUT2D eigenvalue weighted by Gasteiger charge is -2.24. The maximum Gasteiger partial charge on any atom is 0.163 e. The van der Waals surface area contributed by atoms with E-state index in [0.29, 0.717) is 17.9 Å².